The van der Waals surface area contributed by atoms with E-state index in [1.165, 1.54) is 31.5 Å². The first-order valence-corrected chi connectivity index (χ1v) is 16.0. The number of amides is 1. The Balaban J connectivity index is 1.18. The number of benzene rings is 1. The predicted molar refractivity (Wildman–Crippen MR) is 161 cm³/mol. The number of rotatable bonds is 9. The van der Waals surface area contributed by atoms with Crippen molar-refractivity contribution >= 4 is 33.2 Å². The van der Waals surface area contributed by atoms with Gasteiger partial charge in [-0.2, -0.15) is 24.5 Å². The lowest BCUT2D eigenvalue weighted by molar-refractivity contribution is -0.274. The van der Waals surface area contributed by atoms with Gasteiger partial charge in [0.25, 0.3) is 15.9 Å². The summed E-state index contributed by atoms with van der Waals surface area (Å²) in [7, 11) is -3.54. The third kappa shape index (κ3) is 6.47. The van der Waals surface area contributed by atoms with Crippen LogP contribution in [0.2, 0.25) is 0 Å². The summed E-state index contributed by atoms with van der Waals surface area (Å²) in [6.45, 7) is 2.14. The fourth-order valence-corrected chi connectivity index (χ4v) is 6.15. The number of nitriles is 1. The summed E-state index contributed by atoms with van der Waals surface area (Å²) in [6, 6.07) is 12.4. The molecule has 18 heteroatoms. The highest BCUT2D eigenvalue weighted by Crippen LogP contribution is 2.35. The SMILES string of the molecule is CCS(=O)(=O)n1cc(Nc2nc3cccc(-c4cnn(C5(CC#N)CCN(C(=O)c6ccc(OC(F)(F)F)cc6)CC5)c4)n3n2)cn1. The van der Waals surface area contributed by atoms with Gasteiger partial charge in [-0.05, 0) is 56.2 Å². The van der Waals surface area contributed by atoms with Gasteiger partial charge in [0.05, 0.1) is 53.8 Å². The molecule has 5 heterocycles. The van der Waals surface area contributed by atoms with Gasteiger partial charge < -0.3 is 15.0 Å². The van der Waals surface area contributed by atoms with E-state index >= 15 is 0 Å². The van der Waals surface area contributed by atoms with E-state index in [9.17, 15) is 31.6 Å². The molecular formula is C29H27F3N10O4S. The minimum absolute atomic E-state index is 0.106. The van der Waals surface area contributed by atoms with Crippen molar-refractivity contribution in [3.63, 3.8) is 0 Å². The van der Waals surface area contributed by atoms with Crippen LogP contribution in [0.5, 0.6) is 5.75 Å². The van der Waals surface area contributed by atoms with Crippen molar-refractivity contribution in [2.75, 3.05) is 24.2 Å². The van der Waals surface area contributed by atoms with Crippen LogP contribution in [-0.4, -0.2) is 78.0 Å². The molecule has 0 unspecified atom stereocenters. The monoisotopic (exact) mass is 668 g/mol. The fraction of sp³-hybridized carbons (Fsp3) is 0.310. The molecule has 1 amide bonds. The van der Waals surface area contributed by atoms with Gasteiger partial charge >= 0.3 is 6.36 Å². The molecule has 14 nitrogen and oxygen atoms in total. The second kappa shape index (κ2) is 12.1. The van der Waals surface area contributed by atoms with Gasteiger partial charge in [0.15, 0.2) is 5.65 Å². The first kappa shape index (κ1) is 31.5. The zero-order valence-electron chi connectivity index (χ0n) is 24.8. The van der Waals surface area contributed by atoms with Crippen LogP contribution in [0.3, 0.4) is 0 Å². The van der Waals surface area contributed by atoms with Gasteiger partial charge in [0, 0.05) is 30.4 Å². The van der Waals surface area contributed by atoms with E-state index in [1.807, 2.05) is 18.3 Å². The zero-order chi connectivity index (χ0) is 33.4. The number of ether oxygens (including phenoxy) is 1. The maximum Gasteiger partial charge on any atom is 0.573 e. The van der Waals surface area contributed by atoms with Crippen molar-refractivity contribution in [1.82, 2.24) is 38.5 Å². The van der Waals surface area contributed by atoms with E-state index in [1.54, 1.807) is 26.4 Å². The molecule has 0 radical (unpaired) electrons. The summed E-state index contributed by atoms with van der Waals surface area (Å²) >= 11 is 0. The highest BCUT2D eigenvalue weighted by molar-refractivity contribution is 7.89. The second-order valence-corrected chi connectivity index (χ2v) is 13.0. The molecular weight excluding hydrogens is 641 g/mol. The summed E-state index contributed by atoms with van der Waals surface area (Å²) in [5.74, 6) is -0.636. The van der Waals surface area contributed by atoms with Crippen LogP contribution in [-0.2, 0) is 15.6 Å². The molecule has 1 aliphatic heterocycles. The lowest BCUT2D eigenvalue weighted by Crippen LogP contribution is -2.48. The Hall–Kier alpha value is -5.44. The number of carbonyl (C=O) groups excluding carboxylic acids is 1. The smallest absolute Gasteiger partial charge is 0.406 e. The molecule has 0 spiro atoms. The molecule has 1 aliphatic rings. The molecule has 47 heavy (non-hydrogen) atoms. The van der Waals surface area contributed by atoms with Crippen LogP contribution >= 0.6 is 0 Å². The Morgan fingerprint density at radius 2 is 1.83 bits per heavy atom. The number of piperidine rings is 1. The zero-order valence-corrected chi connectivity index (χ0v) is 25.6. The second-order valence-electron chi connectivity index (χ2n) is 10.8. The quantitative estimate of drug-likeness (QED) is 0.241. The molecule has 5 aromatic rings. The van der Waals surface area contributed by atoms with Crippen LogP contribution in [0.4, 0.5) is 24.8 Å². The fourth-order valence-electron chi connectivity index (χ4n) is 5.42. The van der Waals surface area contributed by atoms with Gasteiger partial charge in [0.1, 0.15) is 5.75 Å². The van der Waals surface area contributed by atoms with Crippen molar-refractivity contribution in [2.24, 2.45) is 0 Å². The molecule has 0 bridgehead atoms. The van der Waals surface area contributed by atoms with E-state index in [0.29, 0.717) is 48.5 Å². The normalized spacial score (nSPS) is 15.0. The van der Waals surface area contributed by atoms with Crippen LogP contribution in [0.25, 0.3) is 16.9 Å². The predicted octanol–water partition coefficient (Wildman–Crippen LogP) is 4.17. The lowest BCUT2D eigenvalue weighted by atomic mass is 9.84. The molecule has 4 aromatic heterocycles. The number of hydrogen-bond acceptors (Lipinski definition) is 10. The van der Waals surface area contributed by atoms with Crippen LogP contribution in [0.15, 0.2) is 67.3 Å². The van der Waals surface area contributed by atoms with Crippen molar-refractivity contribution < 1.29 is 31.1 Å². The number of nitrogens with one attached hydrogen (secondary N) is 1. The number of fused-ring (bicyclic) bond motifs is 1. The highest BCUT2D eigenvalue weighted by Gasteiger charge is 2.39. The van der Waals surface area contributed by atoms with Gasteiger partial charge in [0.2, 0.25) is 5.95 Å². The van der Waals surface area contributed by atoms with Crippen LogP contribution < -0.4 is 10.1 Å². The lowest BCUT2D eigenvalue weighted by Gasteiger charge is -2.40. The summed E-state index contributed by atoms with van der Waals surface area (Å²) in [6.07, 6.45) is 2.33. The Bertz CT molecular complexity index is 2070. The number of halogens is 3. The van der Waals surface area contributed by atoms with Crippen molar-refractivity contribution in [3.8, 4) is 23.1 Å². The average Bonchev–Trinajstić information content (AvgIpc) is 3.81. The van der Waals surface area contributed by atoms with E-state index in [2.05, 4.69) is 36.4 Å². The number of aromatic nitrogens is 7. The van der Waals surface area contributed by atoms with Gasteiger partial charge in [-0.1, -0.05) is 6.07 Å². The Morgan fingerprint density at radius 1 is 1.09 bits per heavy atom. The average molecular weight is 669 g/mol. The number of likely N-dealkylation sites (tertiary alicyclic amines) is 1. The summed E-state index contributed by atoms with van der Waals surface area (Å²) in [5.41, 5.74) is 1.80. The number of pyridine rings is 1. The number of nitrogens with zero attached hydrogens (tertiary/aromatic N) is 9. The molecule has 0 aliphatic carbocycles. The van der Waals surface area contributed by atoms with E-state index < -0.39 is 27.7 Å². The summed E-state index contributed by atoms with van der Waals surface area (Å²) < 4.78 is 69.8. The van der Waals surface area contributed by atoms with Crippen LogP contribution in [0.1, 0.15) is 36.5 Å². The number of hydrogen-bond donors (Lipinski definition) is 1. The first-order chi connectivity index (χ1) is 22.4. The largest absolute Gasteiger partial charge is 0.573 e. The molecule has 244 valence electrons. The van der Waals surface area contributed by atoms with E-state index in [-0.39, 0.29) is 29.6 Å². The number of carbonyl (C=O) groups is 1. The Morgan fingerprint density at radius 3 is 2.51 bits per heavy atom. The minimum Gasteiger partial charge on any atom is -0.406 e. The summed E-state index contributed by atoms with van der Waals surface area (Å²) in [5, 5.41) is 25.7. The van der Waals surface area contributed by atoms with Crippen molar-refractivity contribution in [1.29, 1.82) is 5.26 Å². The van der Waals surface area contributed by atoms with E-state index in [4.69, 9.17) is 0 Å². The van der Waals surface area contributed by atoms with Gasteiger partial charge in [-0.25, -0.2) is 12.9 Å². The van der Waals surface area contributed by atoms with Crippen LogP contribution in [0, 0.1) is 11.3 Å². The standard InChI is InChI=1S/C29H27F3N10O4S/c1-2-47(44,45)41-19-22(17-35-41)36-27-37-25-5-3-4-24(42(25)38-27)21-16-34-40(18-21)28(10-13-33)11-14-39(15-12-28)26(43)20-6-8-23(9-7-20)46-29(30,31)32/h3-9,16-19H,2,10-12,14-15H2,1H3,(H,36,38). The van der Waals surface area contributed by atoms with E-state index in [0.717, 1.165) is 16.2 Å². The molecule has 1 N–H and O–H groups in total. The minimum atomic E-state index is -4.83. The number of anilines is 2. The molecule has 0 saturated carbocycles. The molecule has 0 atom stereocenters. The molecule has 6 rings (SSSR count). The van der Waals surface area contributed by atoms with Crippen molar-refractivity contribution in [3.05, 3.63) is 72.8 Å². The molecule has 1 aromatic carbocycles. The third-order valence-corrected chi connectivity index (χ3v) is 9.41. The first-order valence-electron chi connectivity index (χ1n) is 14.4. The topological polar surface area (TPSA) is 165 Å². The van der Waals surface area contributed by atoms with Crippen molar-refractivity contribution in [2.45, 2.75) is 38.1 Å². The van der Waals surface area contributed by atoms with Gasteiger partial charge in [-0.3, -0.25) is 9.48 Å². The number of alkyl halides is 3. The molecule has 1 saturated heterocycles. The maximum absolute atomic E-state index is 13.1. The Kier molecular flexibility index (Phi) is 8.09. The maximum atomic E-state index is 13.1. The Labute approximate surface area is 266 Å². The third-order valence-electron chi connectivity index (χ3n) is 7.91. The molecule has 1 fully saturated rings. The highest BCUT2D eigenvalue weighted by atomic mass is 32.2. The summed E-state index contributed by atoms with van der Waals surface area (Å²) in [4.78, 5) is 19.2. The van der Waals surface area contributed by atoms with Gasteiger partial charge in [-0.15, -0.1) is 18.3 Å².